The van der Waals surface area contributed by atoms with Gasteiger partial charge in [-0.1, -0.05) is 35.3 Å². The van der Waals surface area contributed by atoms with Gasteiger partial charge in [0.05, 0.1) is 23.7 Å². The quantitative estimate of drug-likeness (QED) is 0.531. The summed E-state index contributed by atoms with van der Waals surface area (Å²) >= 11 is 12.7. The fourth-order valence-corrected chi connectivity index (χ4v) is 4.63. The van der Waals surface area contributed by atoms with Gasteiger partial charge in [0, 0.05) is 49.4 Å². The highest BCUT2D eigenvalue weighted by Gasteiger charge is 2.31. The Hall–Kier alpha value is -2.12. The second kappa shape index (κ2) is 9.40. The molecule has 1 aliphatic carbocycles. The van der Waals surface area contributed by atoms with Crippen LogP contribution in [0.3, 0.4) is 0 Å². The van der Waals surface area contributed by atoms with Crippen molar-refractivity contribution < 1.29 is 4.74 Å². The molecule has 0 radical (unpaired) electrons. The van der Waals surface area contributed by atoms with Crippen LogP contribution in [0.1, 0.15) is 18.4 Å². The van der Waals surface area contributed by atoms with E-state index in [0.29, 0.717) is 17.7 Å². The summed E-state index contributed by atoms with van der Waals surface area (Å²) in [5.41, 5.74) is 2.87. The van der Waals surface area contributed by atoms with Crippen molar-refractivity contribution in [3.8, 4) is 0 Å². The number of fused-ring (bicyclic) bond motifs is 1. The Morgan fingerprint density at radius 1 is 1.06 bits per heavy atom. The van der Waals surface area contributed by atoms with Crippen molar-refractivity contribution in [3.63, 3.8) is 0 Å². The Morgan fingerprint density at radius 2 is 1.84 bits per heavy atom. The summed E-state index contributed by atoms with van der Waals surface area (Å²) in [4.78, 5) is 14.7. The van der Waals surface area contributed by atoms with E-state index in [4.69, 9.17) is 37.9 Å². The highest BCUT2D eigenvalue weighted by atomic mass is 35.5. The van der Waals surface area contributed by atoms with Gasteiger partial charge in [-0.2, -0.15) is 0 Å². The maximum absolute atomic E-state index is 6.44. The average Bonchev–Trinajstić information content (AvgIpc) is 3.61. The van der Waals surface area contributed by atoms with E-state index in [1.807, 2.05) is 42.5 Å². The van der Waals surface area contributed by atoms with Gasteiger partial charge in [-0.15, -0.1) is 0 Å². The number of ether oxygens (including phenoxy) is 1. The first-order valence-electron chi connectivity index (χ1n) is 11.1. The lowest BCUT2D eigenvalue weighted by atomic mass is 10.1. The van der Waals surface area contributed by atoms with Crippen LogP contribution in [0.15, 0.2) is 42.5 Å². The summed E-state index contributed by atoms with van der Waals surface area (Å²) < 4.78 is 5.58. The van der Waals surface area contributed by atoms with Crippen LogP contribution in [0.25, 0.3) is 11.0 Å². The molecule has 2 aliphatic rings. The minimum atomic E-state index is 0.200. The number of para-hydroxylation sites is 2. The maximum atomic E-state index is 6.44. The van der Waals surface area contributed by atoms with Gasteiger partial charge in [0.2, 0.25) is 0 Å². The molecule has 1 saturated carbocycles. The first-order valence-corrected chi connectivity index (χ1v) is 11.8. The molecule has 2 fully saturated rings. The second-order valence-corrected chi connectivity index (χ2v) is 9.41. The zero-order chi connectivity index (χ0) is 22.1. The number of anilines is 2. The predicted octanol–water partition coefficient (Wildman–Crippen LogP) is 4.85. The van der Waals surface area contributed by atoms with Crippen LogP contribution in [-0.2, 0) is 11.3 Å². The SMILES string of the molecule is COCC1CN(c2nc3ccccc3nc2NC2CC2)CCN1Cc1cc(Cl)ccc1Cl. The lowest BCUT2D eigenvalue weighted by Gasteiger charge is -2.42. The number of piperazine rings is 1. The van der Waals surface area contributed by atoms with E-state index in [0.717, 1.165) is 59.4 Å². The van der Waals surface area contributed by atoms with Crippen LogP contribution in [0.5, 0.6) is 0 Å². The molecule has 1 aromatic heterocycles. The van der Waals surface area contributed by atoms with Crippen molar-refractivity contribution in [2.45, 2.75) is 31.5 Å². The van der Waals surface area contributed by atoms with Crippen LogP contribution >= 0.6 is 23.2 Å². The number of rotatable bonds is 7. The normalized spacial score (nSPS) is 19.5. The number of methoxy groups -OCH3 is 1. The van der Waals surface area contributed by atoms with Gasteiger partial charge in [0.15, 0.2) is 11.6 Å². The molecular weight excluding hydrogens is 445 g/mol. The number of benzene rings is 2. The second-order valence-electron chi connectivity index (χ2n) is 8.56. The van der Waals surface area contributed by atoms with E-state index >= 15 is 0 Å². The van der Waals surface area contributed by atoms with E-state index in [1.54, 1.807) is 7.11 Å². The van der Waals surface area contributed by atoms with Crippen molar-refractivity contribution in [2.24, 2.45) is 0 Å². The molecule has 1 unspecified atom stereocenters. The van der Waals surface area contributed by atoms with Gasteiger partial charge in [-0.05, 0) is 48.7 Å². The Kier molecular flexibility index (Phi) is 6.37. The van der Waals surface area contributed by atoms with Gasteiger partial charge >= 0.3 is 0 Å². The molecule has 6 nitrogen and oxygen atoms in total. The first-order chi connectivity index (χ1) is 15.6. The lowest BCUT2D eigenvalue weighted by Crippen LogP contribution is -2.55. The molecule has 2 heterocycles. The van der Waals surface area contributed by atoms with Crippen molar-refractivity contribution in [1.29, 1.82) is 0 Å². The summed E-state index contributed by atoms with van der Waals surface area (Å²) in [6, 6.07) is 14.4. The first kappa shape index (κ1) is 21.7. The smallest absolute Gasteiger partial charge is 0.172 e. The van der Waals surface area contributed by atoms with Gasteiger partial charge in [0.25, 0.3) is 0 Å². The van der Waals surface area contributed by atoms with Crippen molar-refractivity contribution in [2.75, 3.05) is 43.6 Å². The number of hydrogen-bond acceptors (Lipinski definition) is 6. The number of halogens is 2. The monoisotopic (exact) mass is 471 g/mol. The minimum absolute atomic E-state index is 0.200. The molecule has 1 N–H and O–H groups in total. The molecule has 2 aromatic carbocycles. The third-order valence-electron chi connectivity index (χ3n) is 6.11. The maximum Gasteiger partial charge on any atom is 0.172 e. The highest BCUT2D eigenvalue weighted by molar-refractivity contribution is 6.33. The average molecular weight is 472 g/mol. The van der Waals surface area contributed by atoms with Crippen LogP contribution in [-0.4, -0.2) is 60.3 Å². The molecule has 0 amide bonds. The van der Waals surface area contributed by atoms with Crippen molar-refractivity contribution in [3.05, 3.63) is 58.1 Å². The van der Waals surface area contributed by atoms with Gasteiger partial charge < -0.3 is 15.0 Å². The zero-order valence-electron chi connectivity index (χ0n) is 18.1. The predicted molar refractivity (Wildman–Crippen MR) is 131 cm³/mol. The zero-order valence-corrected chi connectivity index (χ0v) is 19.6. The van der Waals surface area contributed by atoms with Crippen LogP contribution in [0, 0.1) is 0 Å². The summed E-state index contributed by atoms with van der Waals surface area (Å²) in [5.74, 6) is 1.81. The number of aromatic nitrogens is 2. The molecule has 1 saturated heterocycles. The number of hydrogen-bond donors (Lipinski definition) is 1. The fourth-order valence-electron chi connectivity index (χ4n) is 4.26. The molecule has 1 aliphatic heterocycles. The minimum Gasteiger partial charge on any atom is -0.383 e. The molecule has 8 heteroatoms. The largest absolute Gasteiger partial charge is 0.383 e. The summed E-state index contributed by atoms with van der Waals surface area (Å²) in [5, 5.41) is 5.04. The molecule has 0 bridgehead atoms. The standard InChI is InChI=1S/C24H27Cl2N5O/c1-32-15-19-14-31(11-10-30(19)13-16-12-17(25)6-9-20(16)26)24-23(27-18-7-8-18)28-21-4-2-3-5-22(21)29-24/h2-6,9,12,18-19H,7-8,10-11,13-15H2,1H3,(H,27,28). The topological polar surface area (TPSA) is 53.5 Å². The molecule has 1 atom stereocenters. The van der Waals surface area contributed by atoms with Gasteiger partial charge in [-0.3, -0.25) is 4.90 Å². The Labute approximate surface area is 198 Å². The van der Waals surface area contributed by atoms with Crippen molar-refractivity contribution >= 4 is 45.9 Å². The fraction of sp³-hybridized carbons (Fsp3) is 0.417. The molecule has 168 valence electrons. The van der Waals surface area contributed by atoms with Crippen LogP contribution < -0.4 is 10.2 Å². The Balaban J connectivity index is 1.41. The highest BCUT2D eigenvalue weighted by Crippen LogP contribution is 2.32. The van der Waals surface area contributed by atoms with Crippen LogP contribution in [0.2, 0.25) is 10.0 Å². The molecule has 5 rings (SSSR count). The third kappa shape index (κ3) is 4.79. The third-order valence-corrected chi connectivity index (χ3v) is 6.72. The summed E-state index contributed by atoms with van der Waals surface area (Å²) in [7, 11) is 1.75. The lowest BCUT2D eigenvalue weighted by molar-refractivity contribution is 0.0767. The molecule has 32 heavy (non-hydrogen) atoms. The number of nitrogens with zero attached hydrogens (tertiary/aromatic N) is 4. The number of nitrogens with one attached hydrogen (secondary N) is 1. The summed E-state index contributed by atoms with van der Waals surface area (Å²) in [6.45, 7) is 3.89. The van der Waals surface area contributed by atoms with Gasteiger partial charge in [0.1, 0.15) is 0 Å². The van der Waals surface area contributed by atoms with E-state index in [2.05, 4.69) is 15.1 Å². The van der Waals surface area contributed by atoms with Crippen LogP contribution in [0.4, 0.5) is 11.6 Å². The van der Waals surface area contributed by atoms with E-state index in [-0.39, 0.29) is 6.04 Å². The van der Waals surface area contributed by atoms with E-state index < -0.39 is 0 Å². The summed E-state index contributed by atoms with van der Waals surface area (Å²) in [6.07, 6.45) is 2.38. The van der Waals surface area contributed by atoms with E-state index in [1.165, 1.54) is 12.8 Å². The molecule has 3 aromatic rings. The molecule has 0 spiro atoms. The molecular formula is C24H27Cl2N5O. The van der Waals surface area contributed by atoms with E-state index in [9.17, 15) is 0 Å². The van der Waals surface area contributed by atoms with Crippen molar-refractivity contribution in [1.82, 2.24) is 14.9 Å². The Bertz CT molecular complexity index is 1110. The Morgan fingerprint density at radius 3 is 2.59 bits per heavy atom. The van der Waals surface area contributed by atoms with Gasteiger partial charge in [-0.25, -0.2) is 9.97 Å².